The van der Waals surface area contributed by atoms with Crippen molar-refractivity contribution in [3.05, 3.63) is 40.1 Å². The second kappa shape index (κ2) is 5.40. The van der Waals surface area contributed by atoms with Gasteiger partial charge in [0.15, 0.2) is 0 Å². The summed E-state index contributed by atoms with van der Waals surface area (Å²) in [6.07, 6.45) is 2.34. The van der Waals surface area contributed by atoms with Crippen molar-refractivity contribution < 1.29 is 4.74 Å². The molecule has 1 N–H and O–H groups in total. The van der Waals surface area contributed by atoms with E-state index in [1.165, 1.54) is 12.8 Å². The monoisotopic (exact) mass is 333 g/mol. The van der Waals surface area contributed by atoms with Crippen molar-refractivity contribution >= 4 is 21.7 Å². The number of benzene rings is 1. The van der Waals surface area contributed by atoms with Gasteiger partial charge in [-0.05, 0) is 37.5 Å². The van der Waals surface area contributed by atoms with E-state index in [0.29, 0.717) is 11.8 Å². The second-order valence-electron chi connectivity index (χ2n) is 4.99. The molecule has 104 valence electrons. The lowest BCUT2D eigenvalue weighted by Gasteiger charge is -2.11. The summed E-state index contributed by atoms with van der Waals surface area (Å²) in [7, 11) is 1.85. The smallest absolute Gasteiger partial charge is 0.224 e. The molecule has 1 aromatic heterocycles. The van der Waals surface area contributed by atoms with Gasteiger partial charge < -0.3 is 10.1 Å². The Morgan fingerprint density at radius 1 is 1.25 bits per heavy atom. The highest BCUT2D eigenvalue weighted by Gasteiger charge is 2.27. The van der Waals surface area contributed by atoms with Crippen LogP contribution in [-0.4, -0.2) is 17.0 Å². The molecule has 1 aromatic carbocycles. The Kier molecular flexibility index (Phi) is 3.61. The summed E-state index contributed by atoms with van der Waals surface area (Å²) in [6.45, 7) is 2.02. The van der Waals surface area contributed by atoms with E-state index in [1.807, 2.05) is 38.2 Å². The molecule has 0 saturated heterocycles. The van der Waals surface area contributed by atoms with Gasteiger partial charge in [-0.25, -0.2) is 4.98 Å². The predicted molar refractivity (Wildman–Crippen MR) is 82.5 cm³/mol. The third kappa shape index (κ3) is 2.93. The van der Waals surface area contributed by atoms with Crippen LogP contribution in [0.5, 0.6) is 11.6 Å². The average Bonchev–Trinajstić information content (AvgIpc) is 3.27. The van der Waals surface area contributed by atoms with Gasteiger partial charge in [-0.3, -0.25) is 0 Å². The van der Waals surface area contributed by atoms with Crippen LogP contribution in [0.3, 0.4) is 0 Å². The lowest BCUT2D eigenvalue weighted by molar-refractivity contribution is 0.455. The molecular formula is C15H16BrN3O. The molecule has 1 heterocycles. The minimum atomic E-state index is 0.495. The fourth-order valence-electron chi connectivity index (χ4n) is 1.94. The minimum absolute atomic E-state index is 0.495. The zero-order valence-electron chi connectivity index (χ0n) is 11.5. The Morgan fingerprint density at radius 3 is 2.75 bits per heavy atom. The van der Waals surface area contributed by atoms with Crippen LogP contribution in [0.4, 0.5) is 5.82 Å². The van der Waals surface area contributed by atoms with Crippen LogP contribution in [-0.2, 0) is 0 Å². The molecule has 0 amide bonds. The van der Waals surface area contributed by atoms with Gasteiger partial charge in [0.25, 0.3) is 0 Å². The maximum absolute atomic E-state index is 5.93. The molecule has 3 rings (SSSR count). The molecular weight excluding hydrogens is 318 g/mol. The van der Waals surface area contributed by atoms with Crippen molar-refractivity contribution in [1.82, 2.24) is 9.97 Å². The van der Waals surface area contributed by atoms with Gasteiger partial charge in [0.05, 0.1) is 0 Å². The SMILES string of the molecule is CNc1cc(Oc2cc(Br)ccc2C)nc(C2CC2)n1. The Hall–Kier alpha value is -1.62. The van der Waals surface area contributed by atoms with Crippen LogP contribution in [0.25, 0.3) is 0 Å². The zero-order chi connectivity index (χ0) is 14.1. The molecule has 5 heteroatoms. The number of ether oxygens (including phenoxy) is 1. The number of aryl methyl sites for hydroxylation is 1. The van der Waals surface area contributed by atoms with Gasteiger partial charge in [-0.15, -0.1) is 0 Å². The third-order valence-electron chi connectivity index (χ3n) is 3.28. The summed E-state index contributed by atoms with van der Waals surface area (Å²) in [4.78, 5) is 9.00. The van der Waals surface area contributed by atoms with Crippen LogP contribution >= 0.6 is 15.9 Å². The molecule has 1 saturated carbocycles. The van der Waals surface area contributed by atoms with E-state index in [2.05, 4.69) is 31.2 Å². The van der Waals surface area contributed by atoms with E-state index in [4.69, 9.17) is 4.74 Å². The van der Waals surface area contributed by atoms with Crippen molar-refractivity contribution in [3.63, 3.8) is 0 Å². The number of rotatable bonds is 4. The quantitative estimate of drug-likeness (QED) is 0.908. The largest absolute Gasteiger partial charge is 0.439 e. The highest BCUT2D eigenvalue weighted by atomic mass is 79.9. The number of nitrogens with zero attached hydrogens (tertiary/aromatic N) is 2. The molecule has 2 aromatic rings. The third-order valence-corrected chi connectivity index (χ3v) is 3.78. The Morgan fingerprint density at radius 2 is 2.05 bits per heavy atom. The topological polar surface area (TPSA) is 47.0 Å². The summed E-state index contributed by atoms with van der Waals surface area (Å²) in [6, 6.07) is 7.79. The van der Waals surface area contributed by atoms with E-state index < -0.39 is 0 Å². The molecule has 0 spiro atoms. The molecule has 0 radical (unpaired) electrons. The van der Waals surface area contributed by atoms with Gasteiger partial charge >= 0.3 is 0 Å². The van der Waals surface area contributed by atoms with Crippen molar-refractivity contribution in [1.29, 1.82) is 0 Å². The first-order valence-corrected chi connectivity index (χ1v) is 7.46. The summed E-state index contributed by atoms with van der Waals surface area (Å²) in [5.74, 6) is 3.56. The average molecular weight is 334 g/mol. The van der Waals surface area contributed by atoms with Gasteiger partial charge in [0.1, 0.15) is 17.4 Å². The van der Waals surface area contributed by atoms with E-state index >= 15 is 0 Å². The molecule has 4 nitrogen and oxygen atoms in total. The summed E-state index contributed by atoms with van der Waals surface area (Å²) < 4.78 is 6.92. The molecule has 1 aliphatic rings. The normalized spacial score (nSPS) is 14.2. The highest BCUT2D eigenvalue weighted by molar-refractivity contribution is 9.10. The van der Waals surface area contributed by atoms with Gasteiger partial charge in [-0.2, -0.15) is 4.98 Å². The van der Waals surface area contributed by atoms with E-state index in [0.717, 1.165) is 27.4 Å². The Labute approximate surface area is 126 Å². The first-order chi connectivity index (χ1) is 9.65. The number of hydrogen-bond donors (Lipinski definition) is 1. The molecule has 0 unspecified atom stereocenters. The number of anilines is 1. The fraction of sp³-hybridized carbons (Fsp3) is 0.333. The lowest BCUT2D eigenvalue weighted by Crippen LogP contribution is -2.01. The second-order valence-corrected chi connectivity index (χ2v) is 5.90. The number of halogens is 1. The van der Waals surface area contributed by atoms with Gasteiger partial charge in [0.2, 0.25) is 5.88 Å². The van der Waals surface area contributed by atoms with Crippen molar-refractivity contribution in [2.45, 2.75) is 25.7 Å². The molecule has 20 heavy (non-hydrogen) atoms. The Balaban J connectivity index is 1.93. The molecule has 1 aliphatic carbocycles. The van der Waals surface area contributed by atoms with Crippen LogP contribution in [0, 0.1) is 6.92 Å². The standard InChI is InChI=1S/C15H16BrN3O/c1-9-3-6-11(16)7-12(9)20-14-8-13(17-2)18-15(19-14)10-4-5-10/h3,6-8,10H,4-5H2,1-2H3,(H,17,18,19). The van der Waals surface area contributed by atoms with Crippen LogP contribution < -0.4 is 10.1 Å². The van der Waals surface area contributed by atoms with Crippen LogP contribution in [0.2, 0.25) is 0 Å². The summed E-state index contributed by atoms with van der Waals surface area (Å²) >= 11 is 3.46. The minimum Gasteiger partial charge on any atom is -0.439 e. The first kappa shape index (κ1) is 13.4. The number of nitrogens with one attached hydrogen (secondary N) is 1. The zero-order valence-corrected chi connectivity index (χ0v) is 13.1. The molecule has 0 bridgehead atoms. The fourth-order valence-corrected chi connectivity index (χ4v) is 2.28. The van der Waals surface area contributed by atoms with Crippen LogP contribution in [0.15, 0.2) is 28.7 Å². The first-order valence-electron chi connectivity index (χ1n) is 6.66. The number of hydrogen-bond acceptors (Lipinski definition) is 4. The van der Waals surface area contributed by atoms with Crippen molar-refractivity contribution in [2.75, 3.05) is 12.4 Å². The molecule has 0 aliphatic heterocycles. The maximum Gasteiger partial charge on any atom is 0.224 e. The summed E-state index contributed by atoms with van der Waals surface area (Å²) in [5, 5.41) is 3.06. The number of aromatic nitrogens is 2. The molecule has 0 atom stereocenters. The lowest BCUT2D eigenvalue weighted by atomic mass is 10.2. The maximum atomic E-state index is 5.93. The van der Waals surface area contributed by atoms with Crippen molar-refractivity contribution in [2.24, 2.45) is 0 Å². The Bertz CT molecular complexity index is 641. The van der Waals surface area contributed by atoms with E-state index in [1.54, 1.807) is 0 Å². The van der Waals surface area contributed by atoms with Gasteiger partial charge in [0, 0.05) is 23.5 Å². The predicted octanol–water partition coefficient (Wildman–Crippen LogP) is 4.26. The van der Waals surface area contributed by atoms with E-state index in [9.17, 15) is 0 Å². The van der Waals surface area contributed by atoms with Crippen LogP contribution in [0.1, 0.15) is 30.1 Å². The molecule has 1 fully saturated rings. The van der Waals surface area contributed by atoms with Crippen molar-refractivity contribution in [3.8, 4) is 11.6 Å². The highest BCUT2D eigenvalue weighted by Crippen LogP contribution is 2.39. The summed E-state index contributed by atoms with van der Waals surface area (Å²) in [5.41, 5.74) is 1.07. The van der Waals surface area contributed by atoms with E-state index in [-0.39, 0.29) is 0 Å². The van der Waals surface area contributed by atoms with Gasteiger partial charge in [-0.1, -0.05) is 22.0 Å².